The number of nitriles is 1. The molecule has 4 heteroatoms. The van der Waals surface area contributed by atoms with Crippen LogP contribution in [0.1, 0.15) is 31.5 Å². The topological polar surface area (TPSA) is 44.9 Å². The highest BCUT2D eigenvalue weighted by Gasteiger charge is 2.32. The molecular weight excluding hydrogens is 212 g/mol. The van der Waals surface area contributed by atoms with Crippen molar-refractivity contribution in [3.05, 3.63) is 18.2 Å². The van der Waals surface area contributed by atoms with E-state index < -0.39 is 0 Å². The van der Waals surface area contributed by atoms with E-state index in [1.807, 2.05) is 6.20 Å². The maximum absolute atomic E-state index is 9.25. The molecule has 3 rings (SSSR count). The van der Waals surface area contributed by atoms with Crippen molar-refractivity contribution in [2.45, 2.75) is 44.8 Å². The van der Waals surface area contributed by atoms with Crippen LogP contribution in [0.4, 0.5) is 0 Å². The summed E-state index contributed by atoms with van der Waals surface area (Å²) in [6.07, 6.45) is 8.67. The number of rotatable bonds is 1. The second-order valence-corrected chi connectivity index (χ2v) is 5.09. The van der Waals surface area contributed by atoms with E-state index in [1.165, 1.54) is 19.3 Å². The molecule has 1 fully saturated rings. The molecule has 0 spiro atoms. The molecule has 0 aromatic carbocycles. The summed E-state index contributed by atoms with van der Waals surface area (Å²) in [5.74, 6) is 1.38. The van der Waals surface area contributed by atoms with Crippen molar-refractivity contribution in [3.8, 4) is 6.07 Å². The minimum Gasteiger partial charge on any atom is -0.333 e. The fraction of sp³-hybridized carbons (Fsp3) is 0.692. The molecular formula is C13H18N4. The van der Waals surface area contributed by atoms with Crippen LogP contribution in [-0.4, -0.2) is 27.0 Å². The molecule has 0 N–H and O–H groups in total. The van der Waals surface area contributed by atoms with Crippen LogP contribution in [0.5, 0.6) is 0 Å². The molecule has 4 nitrogen and oxygen atoms in total. The molecule has 1 aliphatic carbocycles. The van der Waals surface area contributed by atoms with Crippen molar-refractivity contribution in [2.75, 3.05) is 6.54 Å². The molecule has 2 heterocycles. The zero-order valence-electron chi connectivity index (χ0n) is 10.0. The van der Waals surface area contributed by atoms with Crippen molar-refractivity contribution in [3.63, 3.8) is 0 Å². The van der Waals surface area contributed by atoms with Gasteiger partial charge >= 0.3 is 0 Å². The lowest BCUT2D eigenvalue weighted by molar-refractivity contribution is 0.0965. The smallest absolute Gasteiger partial charge is 0.122 e. The van der Waals surface area contributed by atoms with Crippen molar-refractivity contribution in [1.29, 1.82) is 5.26 Å². The standard InChI is InChI=1S/C13H18N4/c14-9-11-3-1-2-4-12(11)17-8-7-16-6-5-15-13(16)10-17/h5-6,11-12H,1-4,7-8,10H2. The molecule has 0 radical (unpaired) electrons. The Bertz CT molecular complexity index is 431. The Morgan fingerprint density at radius 3 is 3.06 bits per heavy atom. The number of nitrogens with zero attached hydrogens (tertiary/aromatic N) is 4. The molecule has 1 aromatic heterocycles. The van der Waals surface area contributed by atoms with Crippen LogP contribution in [0, 0.1) is 17.2 Å². The maximum Gasteiger partial charge on any atom is 0.122 e. The average Bonchev–Trinajstić information content (AvgIpc) is 2.85. The predicted octanol–water partition coefficient (Wildman–Crippen LogP) is 1.78. The number of imidazole rings is 1. The van der Waals surface area contributed by atoms with Gasteiger partial charge in [-0.05, 0) is 12.8 Å². The second-order valence-electron chi connectivity index (χ2n) is 5.09. The van der Waals surface area contributed by atoms with E-state index in [0.29, 0.717) is 6.04 Å². The SMILES string of the molecule is N#CC1CCCCC1N1CCn2ccnc2C1. The van der Waals surface area contributed by atoms with E-state index in [9.17, 15) is 5.26 Å². The van der Waals surface area contributed by atoms with Gasteiger partial charge in [-0.15, -0.1) is 0 Å². The summed E-state index contributed by atoms with van der Waals surface area (Å²) in [4.78, 5) is 6.86. The highest BCUT2D eigenvalue weighted by atomic mass is 15.3. The maximum atomic E-state index is 9.25. The molecule has 1 aliphatic heterocycles. The number of fused-ring (bicyclic) bond motifs is 1. The summed E-state index contributed by atoms with van der Waals surface area (Å²) < 4.78 is 2.22. The molecule has 17 heavy (non-hydrogen) atoms. The highest BCUT2D eigenvalue weighted by Crippen LogP contribution is 2.29. The van der Waals surface area contributed by atoms with Crippen molar-refractivity contribution in [1.82, 2.24) is 14.5 Å². The number of hydrogen-bond acceptors (Lipinski definition) is 3. The quantitative estimate of drug-likeness (QED) is 0.738. The lowest BCUT2D eigenvalue weighted by Crippen LogP contribution is -2.45. The van der Waals surface area contributed by atoms with Crippen molar-refractivity contribution < 1.29 is 0 Å². The Morgan fingerprint density at radius 1 is 1.29 bits per heavy atom. The van der Waals surface area contributed by atoms with Gasteiger partial charge in [0.2, 0.25) is 0 Å². The van der Waals surface area contributed by atoms with Crippen LogP contribution in [-0.2, 0) is 13.1 Å². The first kappa shape index (κ1) is 10.8. The summed E-state index contributed by atoms with van der Waals surface area (Å²) in [6, 6.07) is 2.96. The van der Waals surface area contributed by atoms with Gasteiger partial charge in [-0.3, -0.25) is 4.90 Å². The van der Waals surface area contributed by atoms with Gasteiger partial charge in [0.25, 0.3) is 0 Å². The summed E-state index contributed by atoms with van der Waals surface area (Å²) in [5.41, 5.74) is 0. The van der Waals surface area contributed by atoms with E-state index in [4.69, 9.17) is 0 Å². The van der Waals surface area contributed by atoms with Gasteiger partial charge in [0.15, 0.2) is 0 Å². The molecule has 2 unspecified atom stereocenters. The summed E-state index contributed by atoms with van der Waals surface area (Å²) in [6.45, 7) is 2.99. The van der Waals surface area contributed by atoms with Crippen LogP contribution in [0.2, 0.25) is 0 Å². The molecule has 2 atom stereocenters. The van der Waals surface area contributed by atoms with Crippen LogP contribution >= 0.6 is 0 Å². The third-order valence-corrected chi connectivity index (χ3v) is 4.14. The Labute approximate surface area is 102 Å². The predicted molar refractivity (Wildman–Crippen MR) is 64.0 cm³/mol. The van der Waals surface area contributed by atoms with Gasteiger partial charge in [-0.1, -0.05) is 12.8 Å². The fourth-order valence-corrected chi connectivity index (χ4v) is 3.17. The first-order valence-electron chi connectivity index (χ1n) is 6.52. The fourth-order valence-electron chi connectivity index (χ4n) is 3.17. The van der Waals surface area contributed by atoms with Gasteiger partial charge in [-0.25, -0.2) is 4.98 Å². The van der Waals surface area contributed by atoms with E-state index in [-0.39, 0.29) is 5.92 Å². The largest absolute Gasteiger partial charge is 0.333 e. The first-order chi connectivity index (χ1) is 8.38. The minimum absolute atomic E-state index is 0.227. The molecule has 1 aromatic rings. The molecule has 1 saturated carbocycles. The van der Waals surface area contributed by atoms with Gasteiger partial charge < -0.3 is 4.57 Å². The number of hydrogen-bond donors (Lipinski definition) is 0. The Balaban J connectivity index is 1.75. The lowest BCUT2D eigenvalue weighted by atomic mass is 9.84. The van der Waals surface area contributed by atoms with Gasteiger partial charge in [0.1, 0.15) is 5.82 Å². The Morgan fingerprint density at radius 2 is 2.18 bits per heavy atom. The van der Waals surface area contributed by atoms with Crippen molar-refractivity contribution in [2.24, 2.45) is 5.92 Å². The third-order valence-electron chi connectivity index (χ3n) is 4.14. The highest BCUT2D eigenvalue weighted by molar-refractivity contribution is 5.01. The Kier molecular flexibility index (Phi) is 2.86. The van der Waals surface area contributed by atoms with Gasteiger partial charge in [-0.2, -0.15) is 5.26 Å². The monoisotopic (exact) mass is 230 g/mol. The van der Waals surface area contributed by atoms with Crippen LogP contribution < -0.4 is 0 Å². The van der Waals surface area contributed by atoms with Gasteiger partial charge in [0.05, 0.1) is 18.5 Å². The molecule has 0 bridgehead atoms. The average molecular weight is 230 g/mol. The zero-order valence-corrected chi connectivity index (χ0v) is 10.0. The van der Waals surface area contributed by atoms with Gasteiger partial charge in [0, 0.05) is 31.5 Å². The van der Waals surface area contributed by atoms with Crippen LogP contribution in [0.15, 0.2) is 12.4 Å². The molecule has 90 valence electrons. The van der Waals surface area contributed by atoms with Crippen LogP contribution in [0.25, 0.3) is 0 Å². The molecule has 0 saturated heterocycles. The minimum atomic E-state index is 0.227. The van der Waals surface area contributed by atoms with E-state index in [1.54, 1.807) is 0 Å². The van der Waals surface area contributed by atoms with E-state index in [0.717, 1.165) is 31.9 Å². The first-order valence-corrected chi connectivity index (χ1v) is 6.52. The summed E-state index contributed by atoms with van der Waals surface area (Å²) in [7, 11) is 0. The second kappa shape index (κ2) is 4.50. The summed E-state index contributed by atoms with van der Waals surface area (Å²) >= 11 is 0. The Hall–Kier alpha value is -1.34. The normalized spacial score (nSPS) is 29.6. The zero-order chi connectivity index (χ0) is 11.7. The van der Waals surface area contributed by atoms with E-state index >= 15 is 0 Å². The van der Waals surface area contributed by atoms with Crippen LogP contribution in [0.3, 0.4) is 0 Å². The summed E-state index contributed by atoms with van der Waals surface area (Å²) in [5, 5.41) is 9.25. The number of aromatic nitrogens is 2. The van der Waals surface area contributed by atoms with Crippen molar-refractivity contribution >= 4 is 0 Å². The van der Waals surface area contributed by atoms with E-state index in [2.05, 4.69) is 26.7 Å². The lowest BCUT2D eigenvalue weighted by Gasteiger charge is -2.39. The third kappa shape index (κ3) is 1.96. The molecule has 0 amide bonds. The molecule has 2 aliphatic rings.